The third kappa shape index (κ3) is 5.00. The molecule has 3 N–H and O–H groups in total. The number of hydrogen-bond donors (Lipinski definition) is 3. The molecule has 0 saturated carbocycles. The first kappa shape index (κ1) is 15.7. The van der Waals surface area contributed by atoms with Crippen molar-refractivity contribution in [3.8, 4) is 0 Å². The predicted octanol–water partition coefficient (Wildman–Crippen LogP) is 1.000. The van der Waals surface area contributed by atoms with Gasteiger partial charge in [0.05, 0.1) is 11.0 Å². The summed E-state index contributed by atoms with van der Waals surface area (Å²) < 4.78 is 0. The number of aliphatic hydroxyl groups excluding tert-OH is 1. The molecule has 0 saturated heterocycles. The number of nitrogens with one attached hydrogen (secondary N) is 2. The SMILES string of the molecule is CC(O)CNC(=O)C(NC(=O)c1cccs1)C(C)C. The van der Waals surface area contributed by atoms with Crippen LogP contribution in [0.2, 0.25) is 0 Å². The molecule has 0 aromatic carbocycles. The molecule has 0 aliphatic heterocycles. The summed E-state index contributed by atoms with van der Waals surface area (Å²) in [6, 6.07) is 2.90. The van der Waals surface area contributed by atoms with E-state index in [9.17, 15) is 9.59 Å². The molecule has 0 spiro atoms. The van der Waals surface area contributed by atoms with Crippen LogP contribution in [0, 0.1) is 5.92 Å². The molecular formula is C13H20N2O3S. The highest BCUT2D eigenvalue weighted by Gasteiger charge is 2.24. The molecule has 1 aromatic heterocycles. The smallest absolute Gasteiger partial charge is 0.262 e. The number of thiophene rings is 1. The number of carbonyl (C=O) groups excluding carboxylic acids is 2. The minimum absolute atomic E-state index is 0.0297. The summed E-state index contributed by atoms with van der Waals surface area (Å²) >= 11 is 1.33. The maximum atomic E-state index is 12.0. The van der Waals surface area contributed by atoms with Crippen molar-refractivity contribution in [3.63, 3.8) is 0 Å². The van der Waals surface area contributed by atoms with Crippen LogP contribution in [0.1, 0.15) is 30.4 Å². The van der Waals surface area contributed by atoms with Gasteiger partial charge in [-0.15, -0.1) is 11.3 Å². The Kier molecular flexibility index (Phi) is 5.98. The van der Waals surface area contributed by atoms with E-state index in [0.29, 0.717) is 4.88 Å². The Balaban J connectivity index is 2.62. The molecule has 6 heteroatoms. The summed E-state index contributed by atoms with van der Waals surface area (Å²) in [6.45, 7) is 5.49. The number of rotatable bonds is 6. The number of amides is 2. The Bertz CT molecular complexity index is 416. The summed E-state index contributed by atoms with van der Waals surface area (Å²) in [5.41, 5.74) is 0. The Morgan fingerprint density at radius 2 is 2.05 bits per heavy atom. The molecule has 5 nitrogen and oxygen atoms in total. The predicted molar refractivity (Wildman–Crippen MR) is 75.1 cm³/mol. The number of hydrogen-bond acceptors (Lipinski definition) is 4. The lowest BCUT2D eigenvalue weighted by atomic mass is 10.0. The zero-order chi connectivity index (χ0) is 14.4. The maximum absolute atomic E-state index is 12.0. The molecule has 0 bridgehead atoms. The standard InChI is InChI=1S/C13H20N2O3S/c1-8(2)11(13(18)14-7-9(3)16)15-12(17)10-5-4-6-19-10/h4-6,8-9,11,16H,7H2,1-3H3,(H,14,18)(H,15,17). The van der Waals surface area contributed by atoms with Crippen molar-refractivity contribution in [3.05, 3.63) is 22.4 Å². The molecule has 2 amide bonds. The highest BCUT2D eigenvalue weighted by Crippen LogP contribution is 2.10. The first-order valence-corrected chi connectivity index (χ1v) is 7.10. The average molecular weight is 284 g/mol. The van der Waals surface area contributed by atoms with Gasteiger partial charge in [0, 0.05) is 6.54 Å². The van der Waals surface area contributed by atoms with Crippen molar-refractivity contribution < 1.29 is 14.7 Å². The lowest BCUT2D eigenvalue weighted by molar-refractivity contribution is -0.124. The van der Waals surface area contributed by atoms with E-state index in [2.05, 4.69) is 10.6 Å². The van der Waals surface area contributed by atoms with Crippen LogP contribution in [0.25, 0.3) is 0 Å². The zero-order valence-electron chi connectivity index (χ0n) is 11.3. The van der Waals surface area contributed by atoms with E-state index in [1.54, 1.807) is 19.1 Å². The average Bonchev–Trinajstić information content (AvgIpc) is 2.86. The highest BCUT2D eigenvalue weighted by molar-refractivity contribution is 7.12. The third-order valence-electron chi connectivity index (χ3n) is 2.55. The van der Waals surface area contributed by atoms with E-state index in [1.807, 2.05) is 19.2 Å². The molecule has 1 aromatic rings. The topological polar surface area (TPSA) is 78.4 Å². The van der Waals surface area contributed by atoms with Gasteiger partial charge in [-0.3, -0.25) is 9.59 Å². The van der Waals surface area contributed by atoms with Crippen LogP contribution in [0.15, 0.2) is 17.5 Å². The molecule has 1 heterocycles. The van der Waals surface area contributed by atoms with Gasteiger partial charge in [-0.2, -0.15) is 0 Å². The molecule has 0 aliphatic carbocycles. The van der Waals surface area contributed by atoms with E-state index in [4.69, 9.17) is 5.11 Å². The second-order valence-electron chi connectivity index (χ2n) is 4.77. The van der Waals surface area contributed by atoms with Crippen LogP contribution in [-0.2, 0) is 4.79 Å². The lowest BCUT2D eigenvalue weighted by Gasteiger charge is -2.21. The van der Waals surface area contributed by atoms with Crippen molar-refractivity contribution >= 4 is 23.2 Å². The van der Waals surface area contributed by atoms with Crippen LogP contribution in [-0.4, -0.2) is 35.6 Å². The number of carbonyl (C=O) groups is 2. The van der Waals surface area contributed by atoms with E-state index in [0.717, 1.165) is 0 Å². The minimum Gasteiger partial charge on any atom is -0.392 e. The Hall–Kier alpha value is -1.40. The first-order chi connectivity index (χ1) is 8.91. The van der Waals surface area contributed by atoms with Gasteiger partial charge in [0.1, 0.15) is 6.04 Å². The summed E-state index contributed by atoms with van der Waals surface area (Å²) in [7, 11) is 0. The Labute approximate surface area is 117 Å². The van der Waals surface area contributed by atoms with Gasteiger partial charge >= 0.3 is 0 Å². The fraction of sp³-hybridized carbons (Fsp3) is 0.538. The van der Waals surface area contributed by atoms with E-state index in [-0.39, 0.29) is 24.3 Å². The number of aliphatic hydroxyl groups is 1. The second-order valence-corrected chi connectivity index (χ2v) is 5.71. The van der Waals surface area contributed by atoms with Crippen molar-refractivity contribution in [1.82, 2.24) is 10.6 Å². The second kappa shape index (κ2) is 7.25. The Morgan fingerprint density at radius 1 is 1.37 bits per heavy atom. The zero-order valence-corrected chi connectivity index (χ0v) is 12.2. The fourth-order valence-electron chi connectivity index (χ4n) is 1.51. The minimum atomic E-state index is -0.607. The molecule has 19 heavy (non-hydrogen) atoms. The summed E-state index contributed by atoms with van der Waals surface area (Å²) in [5.74, 6) is -0.556. The normalized spacial score (nSPS) is 13.9. The van der Waals surface area contributed by atoms with Crippen LogP contribution in [0.3, 0.4) is 0 Å². The first-order valence-electron chi connectivity index (χ1n) is 6.22. The van der Waals surface area contributed by atoms with Crippen molar-refractivity contribution in [1.29, 1.82) is 0 Å². The molecular weight excluding hydrogens is 264 g/mol. The largest absolute Gasteiger partial charge is 0.392 e. The van der Waals surface area contributed by atoms with Crippen molar-refractivity contribution in [2.75, 3.05) is 6.54 Å². The summed E-state index contributed by atoms with van der Waals surface area (Å²) in [6.07, 6.45) is -0.607. The van der Waals surface area contributed by atoms with Gasteiger partial charge in [-0.1, -0.05) is 19.9 Å². The van der Waals surface area contributed by atoms with Crippen LogP contribution < -0.4 is 10.6 Å². The van der Waals surface area contributed by atoms with Gasteiger partial charge in [0.15, 0.2) is 0 Å². The summed E-state index contributed by atoms with van der Waals surface area (Å²) in [4.78, 5) is 24.5. The third-order valence-corrected chi connectivity index (χ3v) is 3.42. The molecule has 2 atom stereocenters. The van der Waals surface area contributed by atoms with E-state index >= 15 is 0 Å². The van der Waals surface area contributed by atoms with E-state index in [1.165, 1.54) is 11.3 Å². The lowest BCUT2D eigenvalue weighted by Crippen LogP contribution is -2.50. The molecule has 0 fully saturated rings. The summed E-state index contributed by atoms with van der Waals surface area (Å²) in [5, 5.41) is 16.3. The molecule has 2 unspecified atom stereocenters. The Morgan fingerprint density at radius 3 is 2.53 bits per heavy atom. The van der Waals surface area contributed by atoms with Crippen molar-refractivity contribution in [2.24, 2.45) is 5.92 Å². The monoisotopic (exact) mass is 284 g/mol. The highest BCUT2D eigenvalue weighted by atomic mass is 32.1. The van der Waals surface area contributed by atoms with E-state index < -0.39 is 12.1 Å². The molecule has 1 rings (SSSR count). The molecule has 0 aliphatic rings. The van der Waals surface area contributed by atoms with Crippen LogP contribution in [0.4, 0.5) is 0 Å². The van der Waals surface area contributed by atoms with Crippen LogP contribution >= 0.6 is 11.3 Å². The molecule has 0 radical (unpaired) electrons. The van der Waals surface area contributed by atoms with Gasteiger partial charge in [0.2, 0.25) is 5.91 Å². The molecule has 106 valence electrons. The van der Waals surface area contributed by atoms with Gasteiger partial charge in [-0.05, 0) is 24.3 Å². The van der Waals surface area contributed by atoms with Crippen LogP contribution in [0.5, 0.6) is 0 Å². The fourth-order valence-corrected chi connectivity index (χ4v) is 2.14. The van der Waals surface area contributed by atoms with Crippen molar-refractivity contribution in [2.45, 2.75) is 32.9 Å². The van der Waals surface area contributed by atoms with Gasteiger partial charge in [0.25, 0.3) is 5.91 Å². The maximum Gasteiger partial charge on any atom is 0.262 e. The van der Waals surface area contributed by atoms with Gasteiger partial charge in [-0.25, -0.2) is 0 Å². The van der Waals surface area contributed by atoms with Gasteiger partial charge < -0.3 is 15.7 Å². The quantitative estimate of drug-likeness (QED) is 0.729.